The molecule has 0 saturated carbocycles. The lowest BCUT2D eigenvalue weighted by atomic mass is 9.97. The van der Waals surface area contributed by atoms with E-state index in [1.54, 1.807) is 0 Å². The summed E-state index contributed by atoms with van der Waals surface area (Å²) < 4.78 is 14.3. The summed E-state index contributed by atoms with van der Waals surface area (Å²) in [6.07, 6.45) is 0. The summed E-state index contributed by atoms with van der Waals surface area (Å²) in [6.45, 7) is 0. The van der Waals surface area contributed by atoms with Crippen molar-refractivity contribution in [1.82, 2.24) is 27.4 Å². The summed E-state index contributed by atoms with van der Waals surface area (Å²) in [6, 6.07) is 194. The summed E-state index contributed by atoms with van der Waals surface area (Å²) in [5.74, 6) is 0. The van der Waals surface area contributed by atoms with Crippen LogP contribution < -0.4 is 0 Å². The number of fused-ring (bicyclic) bond motifs is 20. The standard InChI is InChI=1S/2C46H30N2.C42H28N2/c1-2-13-36(14-3-1)47-43-18-8-6-16-38(43)40-29-34(25-27-45(40)47)31-21-23-32(24-22-31)35-26-28-46-41(30-35)39-17-7-9-19-44(39)48(46)42-20-10-12-33-11-4-5-15-37(33)42;1-2-12-37(13-3-1)47-43-16-8-6-14-39(43)41-26-23-36(30-46(41)47)33-20-18-32(19-21-33)35-24-27-45-42(29-35)40-15-7-9-17-44(40)48(45)38-25-22-31-10-4-5-11-34(31)28-38;1-3-14-33(15-4-1)43-39-20-9-7-18-35(39)37-27-31(22-24-41(37)43)29-12-11-13-30(26-29)32-23-25-42-38(28-32)36-19-8-10-21-40(36)44(42)34-16-5-2-6-17-34/h2*1-30H;1-28H. The fourth-order valence-corrected chi connectivity index (χ4v) is 22.2. The SMILES string of the molecule is c1ccc(-n2c3ccccc3c3cc(-c4ccc(-c5ccc6c(c5)c5ccccc5n6-c5cccc6ccccc56)cc4)ccc32)cc1.c1ccc(-n2c3ccccc3c3cc(-c4cccc(-c5ccc6c(c5)c5ccccc5n6-c5ccccc5)c4)ccc32)cc1.c1ccc(-n2c3ccccc3c3ccc(-c4ccc(-c5ccc6c(c5)c5ccccc5n6-c5ccc6ccccc6c5)cc4)cc32)cc1. The zero-order chi connectivity index (χ0) is 92.2. The molecule has 0 radical (unpaired) electrons. The van der Waals surface area contributed by atoms with E-state index < -0.39 is 0 Å². The number of hydrogen-bond acceptors (Lipinski definition) is 0. The largest absolute Gasteiger partial charge is 0.309 e. The van der Waals surface area contributed by atoms with E-state index in [1.165, 1.54) is 253 Å². The summed E-state index contributed by atoms with van der Waals surface area (Å²) >= 11 is 0. The molecule has 23 aromatic carbocycles. The highest BCUT2D eigenvalue weighted by atomic mass is 15.0. The Kier molecular flexibility index (Phi) is 19.5. The fraction of sp³-hybridized carbons (Fsp3) is 0. The molecule has 6 heteroatoms. The van der Waals surface area contributed by atoms with Crippen LogP contribution in [0.5, 0.6) is 0 Å². The van der Waals surface area contributed by atoms with Crippen LogP contribution in [0.2, 0.25) is 0 Å². The fourth-order valence-electron chi connectivity index (χ4n) is 22.2. The first kappa shape index (κ1) is 81.0. The highest BCUT2D eigenvalue weighted by Crippen LogP contribution is 2.45. The molecular weight excluding hydrogens is 1690 g/mol. The summed E-state index contributed by atoms with van der Waals surface area (Å²) in [5, 5.41) is 20.2. The molecule has 0 aliphatic carbocycles. The van der Waals surface area contributed by atoms with Gasteiger partial charge in [-0.3, -0.25) is 0 Å². The third kappa shape index (κ3) is 13.8. The van der Waals surface area contributed by atoms with Gasteiger partial charge in [0.05, 0.1) is 71.9 Å². The van der Waals surface area contributed by atoms with Gasteiger partial charge in [-0.1, -0.05) is 358 Å². The van der Waals surface area contributed by atoms with E-state index in [0.717, 1.165) is 0 Å². The zero-order valence-corrected chi connectivity index (χ0v) is 76.5. The van der Waals surface area contributed by atoms with Crippen LogP contribution in [0.1, 0.15) is 0 Å². The molecule has 0 atom stereocenters. The Bertz CT molecular complexity index is 9740. The molecule has 0 unspecified atom stereocenters. The monoisotopic (exact) mass is 1780 g/mol. The normalized spacial score (nSPS) is 11.7. The van der Waals surface area contributed by atoms with E-state index >= 15 is 0 Å². The van der Waals surface area contributed by atoms with E-state index in [1.807, 2.05) is 0 Å². The Morgan fingerprint density at radius 2 is 0.329 bits per heavy atom. The van der Waals surface area contributed by atoms with E-state index in [0.29, 0.717) is 0 Å². The van der Waals surface area contributed by atoms with Crippen LogP contribution in [-0.2, 0) is 0 Å². The molecule has 140 heavy (non-hydrogen) atoms. The molecule has 0 N–H and O–H groups in total. The summed E-state index contributed by atoms with van der Waals surface area (Å²) in [7, 11) is 0. The maximum Gasteiger partial charge on any atom is 0.0547 e. The van der Waals surface area contributed by atoms with Gasteiger partial charge >= 0.3 is 0 Å². The highest BCUT2D eigenvalue weighted by molar-refractivity contribution is 6.17. The minimum absolute atomic E-state index is 1.17. The van der Waals surface area contributed by atoms with Crippen LogP contribution in [0, 0.1) is 0 Å². The molecule has 0 saturated heterocycles. The van der Waals surface area contributed by atoms with Crippen molar-refractivity contribution in [1.29, 1.82) is 0 Å². The third-order valence-electron chi connectivity index (χ3n) is 28.7. The van der Waals surface area contributed by atoms with Gasteiger partial charge in [0.2, 0.25) is 0 Å². The van der Waals surface area contributed by atoms with E-state index in [-0.39, 0.29) is 0 Å². The maximum absolute atomic E-state index is 2.42. The lowest BCUT2D eigenvalue weighted by molar-refractivity contribution is 1.18. The van der Waals surface area contributed by atoms with Crippen molar-refractivity contribution in [3.05, 3.63) is 534 Å². The van der Waals surface area contributed by atoms with Crippen LogP contribution in [-0.4, -0.2) is 27.4 Å². The molecule has 6 nitrogen and oxygen atoms in total. The number of aromatic nitrogens is 6. The quantitative estimate of drug-likeness (QED) is 0.117. The molecule has 29 aromatic rings. The van der Waals surface area contributed by atoms with Gasteiger partial charge in [-0.15, -0.1) is 0 Å². The van der Waals surface area contributed by atoms with Gasteiger partial charge in [-0.05, 0) is 259 Å². The predicted molar refractivity (Wildman–Crippen MR) is 593 cm³/mol. The number of benzene rings is 23. The van der Waals surface area contributed by atoms with E-state index in [2.05, 4.69) is 561 Å². The minimum Gasteiger partial charge on any atom is -0.309 e. The molecule has 29 rings (SSSR count). The van der Waals surface area contributed by atoms with Gasteiger partial charge < -0.3 is 27.4 Å². The summed E-state index contributed by atoms with van der Waals surface area (Å²) in [4.78, 5) is 0. The van der Waals surface area contributed by atoms with Gasteiger partial charge in [-0.25, -0.2) is 0 Å². The Labute approximate surface area is 808 Å². The average molecular weight is 1780 g/mol. The molecule has 0 aliphatic heterocycles. The van der Waals surface area contributed by atoms with Crippen LogP contribution in [0.4, 0.5) is 0 Å². The first-order chi connectivity index (χ1) is 69.4. The Morgan fingerprint density at radius 3 is 0.707 bits per heavy atom. The smallest absolute Gasteiger partial charge is 0.0547 e. The molecule has 0 bridgehead atoms. The second kappa shape index (κ2) is 33.8. The van der Waals surface area contributed by atoms with Gasteiger partial charge in [0, 0.05) is 98.5 Å². The number of hydrogen-bond donors (Lipinski definition) is 0. The number of rotatable bonds is 12. The average Bonchev–Trinajstić information content (AvgIpc) is 1.60. The van der Waals surface area contributed by atoms with Gasteiger partial charge in [-0.2, -0.15) is 0 Å². The van der Waals surface area contributed by atoms with Crippen LogP contribution in [0.3, 0.4) is 0 Å². The first-order valence-corrected chi connectivity index (χ1v) is 48.2. The lowest BCUT2D eigenvalue weighted by Crippen LogP contribution is -1.95. The van der Waals surface area contributed by atoms with Crippen LogP contribution in [0.25, 0.3) is 253 Å². The highest BCUT2D eigenvalue weighted by Gasteiger charge is 2.23. The molecule has 6 heterocycles. The van der Waals surface area contributed by atoms with Gasteiger partial charge in [0.25, 0.3) is 0 Å². The Balaban J connectivity index is 0.000000106. The second-order valence-corrected chi connectivity index (χ2v) is 36.6. The molecular formula is C134H88N6. The third-order valence-corrected chi connectivity index (χ3v) is 28.7. The Morgan fingerprint density at radius 1 is 0.0929 bits per heavy atom. The predicted octanol–water partition coefficient (Wildman–Crippen LogP) is 36.0. The van der Waals surface area contributed by atoms with Crippen molar-refractivity contribution < 1.29 is 0 Å². The van der Waals surface area contributed by atoms with Crippen molar-refractivity contribution >= 4 is 152 Å². The van der Waals surface area contributed by atoms with Crippen molar-refractivity contribution in [2.45, 2.75) is 0 Å². The summed E-state index contributed by atoms with van der Waals surface area (Å²) in [5.41, 5.74) is 36.3. The topological polar surface area (TPSA) is 29.6 Å². The van der Waals surface area contributed by atoms with Gasteiger partial charge in [0.1, 0.15) is 0 Å². The van der Waals surface area contributed by atoms with E-state index in [9.17, 15) is 0 Å². The lowest BCUT2D eigenvalue weighted by Gasteiger charge is -2.12. The Hall–Kier alpha value is -18.6. The first-order valence-electron chi connectivity index (χ1n) is 48.2. The van der Waals surface area contributed by atoms with Crippen molar-refractivity contribution in [3.8, 4) is 101 Å². The number of nitrogens with zero attached hydrogens (tertiary/aromatic N) is 6. The minimum atomic E-state index is 1.17. The molecule has 654 valence electrons. The number of para-hydroxylation sites is 10. The second-order valence-electron chi connectivity index (χ2n) is 36.6. The molecule has 0 spiro atoms. The van der Waals surface area contributed by atoms with E-state index in [4.69, 9.17) is 0 Å². The van der Waals surface area contributed by atoms with Crippen molar-refractivity contribution in [2.75, 3.05) is 0 Å². The van der Waals surface area contributed by atoms with Crippen LogP contribution in [0.15, 0.2) is 534 Å². The molecule has 0 fully saturated rings. The zero-order valence-electron chi connectivity index (χ0n) is 76.5. The maximum atomic E-state index is 2.42. The molecule has 0 amide bonds. The molecule has 6 aromatic heterocycles. The van der Waals surface area contributed by atoms with Crippen molar-refractivity contribution in [3.63, 3.8) is 0 Å². The van der Waals surface area contributed by atoms with Crippen LogP contribution >= 0.6 is 0 Å². The van der Waals surface area contributed by atoms with Gasteiger partial charge in [0.15, 0.2) is 0 Å². The van der Waals surface area contributed by atoms with Crippen molar-refractivity contribution in [2.24, 2.45) is 0 Å². The molecule has 0 aliphatic rings.